The maximum atomic E-state index is 11.1. The lowest BCUT2D eigenvalue weighted by Gasteiger charge is -2.12. The first-order valence-electron chi connectivity index (χ1n) is 4.24. The van der Waals surface area contributed by atoms with Gasteiger partial charge >= 0.3 is 11.9 Å². The van der Waals surface area contributed by atoms with Crippen molar-refractivity contribution in [3.8, 4) is 5.88 Å². The molecule has 86 valence electrons. The summed E-state index contributed by atoms with van der Waals surface area (Å²) in [6, 6.07) is 4.47. The minimum Gasteiger partial charge on any atom is -0.479 e. The van der Waals surface area contributed by atoms with Crippen LogP contribution in [-0.4, -0.2) is 44.5 Å². The SMILES string of the molecule is O=C(O)[C@@H](O)[C@H](O)C(=O)Oc1ccccn1. The number of carbonyl (C=O) groups excluding carboxylic acids is 1. The number of aliphatic hydroxyl groups is 2. The number of aromatic nitrogens is 1. The molecular formula is C9H9NO6. The number of aliphatic carboxylic acids is 1. The smallest absolute Gasteiger partial charge is 0.345 e. The van der Waals surface area contributed by atoms with Crippen molar-refractivity contribution in [1.82, 2.24) is 4.98 Å². The number of pyridine rings is 1. The van der Waals surface area contributed by atoms with Gasteiger partial charge in [0.2, 0.25) is 5.88 Å². The van der Waals surface area contributed by atoms with Gasteiger partial charge in [0.25, 0.3) is 0 Å². The third-order valence-electron chi connectivity index (χ3n) is 1.64. The first kappa shape index (κ1) is 12.1. The highest BCUT2D eigenvalue weighted by Gasteiger charge is 2.31. The van der Waals surface area contributed by atoms with Gasteiger partial charge in [-0.25, -0.2) is 14.6 Å². The van der Waals surface area contributed by atoms with Crippen molar-refractivity contribution in [3.05, 3.63) is 24.4 Å². The molecule has 0 aliphatic heterocycles. The standard InChI is InChI=1S/C9H9NO6/c11-6(8(13)14)7(12)9(15)16-5-3-1-2-4-10-5/h1-4,6-7,11-12H,(H,13,14)/t6-,7-/m0/s1. The summed E-state index contributed by atoms with van der Waals surface area (Å²) in [6.45, 7) is 0. The number of nitrogens with zero attached hydrogens (tertiary/aromatic N) is 1. The van der Waals surface area contributed by atoms with Gasteiger partial charge in [-0.05, 0) is 6.07 Å². The Morgan fingerprint density at radius 3 is 2.44 bits per heavy atom. The highest BCUT2D eigenvalue weighted by Crippen LogP contribution is 2.06. The second-order valence-corrected chi connectivity index (χ2v) is 2.82. The molecule has 0 aromatic carbocycles. The van der Waals surface area contributed by atoms with Gasteiger partial charge in [-0.15, -0.1) is 0 Å². The molecule has 0 aliphatic carbocycles. The number of esters is 1. The molecule has 0 saturated carbocycles. The molecule has 16 heavy (non-hydrogen) atoms. The van der Waals surface area contributed by atoms with Crippen molar-refractivity contribution in [2.24, 2.45) is 0 Å². The molecule has 0 bridgehead atoms. The van der Waals surface area contributed by atoms with E-state index in [0.717, 1.165) is 0 Å². The molecular weight excluding hydrogens is 218 g/mol. The lowest BCUT2D eigenvalue weighted by atomic mass is 10.2. The van der Waals surface area contributed by atoms with Crippen LogP contribution in [0.25, 0.3) is 0 Å². The zero-order chi connectivity index (χ0) is 12.1. The average Bonchev–Trinajstić information content (AvgIpc) is 2.28. The lowest BCUT2D eigenvalue weighted by Crippen LogP contribution is -2.41. The maximum absolute atomic E-state index is 11.1. The third kappa shape index (κ3) is 3.01. The second kappa shape index (κ2) is 5.19. The van der Waals surface area contributed by atoms with E-state index in [9.17, 15) is 9.59 Å². The summed E-state index contributed by atoms with van der Waals surface area (Å²) >= 11 is 0. The van der Waals surface area contributed by atoms with Crippen molar-refractivity contribution in [3.63, 3.8) is 0 Å². The van der Waals surface area contributed by atoms with Crippen molar-refractivity contribution >= 4 is 11.9 Å². The molecule has 7 heteroatoms. The number of aliphatic hydroxyl groups excluding tert-OH is 2. The van der Waals surface area contributed by atoms with Crippen LogP contribution in [0.3, 0.4) is 0 Å². The van der Waals surface area contributed by atoms with Gasteiger partial charge in [0, 0.05) is 12.3 Å². The fraction of sp³-hybridized carbons (Fsp3) is 0.222. The molecule has 7 nitrogen and oxygen atoms in total. The summed E-state index contributed by atoms with van der Waals surface area (Å²) in [6.07, 6.45) is -3.03. The van der Waals surface area contributed by atoms with Gasteiger partial charge in [0.1, 0.15) is 0 Å². The van der Waals surface area contributed by atoms with Gasteiger partial charge in [0.15, 0.2) is 12.2 Å². The zero-order valence-corrected chi connectivity index (χ0v) is 7.98. The summed E-state index contributed by atoms with van der Waals surface area (Å²) in [5.41, 5.74) is 0. The first-order chi connectivity index (χ1) is 7.52. The fourth-order valence-corrected chi connectivity index (χ4v) is 0.835. The molecule has 0 fully saturated rings. The van der Waals surface area contributed by atoms with E-state index in [2.05, 4.69) is 9.72 Å². The van der Waals surface area contributed by atoms with Crippen LogP contribution in [0.1, 0.15) is 0 Å². The van der Waals surface area contributed by atoms with Gasteiger partial charge in [-0.2, -0.15) is 0 Å². The average molecular weight is 227 g/mol. The Morgan fingerprint density at radius 1 is 1.25 bits per heavy atom. The zero-order valence-electron chi connectivity index (χ0n) is 7.98. The Morgan fingerprint density at radius 2 is 1.94 bits per heavy atom. The van der Waals surface area contributed by atoms with Crippen LogP contribution >= 0.6 is 0 Å². The maximum Gasteiger partial charge on any atom is 0.345 e. The monoisotopic (exact) mass is 227 g/mol. The molecule has 0 radical (unpaired) electrons. The molecule has 0 aliphatic rings. The minimum absolute atomic E-state index is 0.0934. The second-order valence-electron chi connectivity index (χ2n) is 2.82. The molecule has 0 saturated heterocycles. The van der Waals surface area contributed by atoms with Crippen LogP contribution in [-0.2, 0) is 9.59 Å². The van der Waals surface area contributed by atoms with Crippen LogP contribution in [0.4, 0.5) is 0 Å². The third-order valence-corrected chi connectivity index (χ3v) is 1.64. The molecule has 0 spiro atoms. The summed E-state index contributed by atoms with van der Waals surface area (Å²) in [4.78, 5) is 25.0. The molecule has 0 unspecified atom stereocenters. The molecule has 1 aromatic heterocycles. The predicted octanol–water partition coefficient (Wildman–Crippen LogP) is -1.21. The Labute approximate surface area is 89.9 Å². The largest absolute Gasteiger partial charge is 0.479 e. The van der Waals surface area contributed by atoms with E-state index < -0.39 is 24.1 Å². The normalized spacial score (nSPS) is 13.9. The fourth-order valence-electron chi connectivity index (χ4n) is 0.835. The minimum atomic E-state index is -2.23. The van der Waals surface area contributed by atoms with E-state index in [1.165, 1.54) is 18.3 Å². The summed E-state index contributed by atoms with van der Waals surface area (Å²) < 4.78 is 4.52. The van der Waals surface area contributed by atoms with Crippen LogP contribution in [0.2, 0.25) is 0 Å². The molecule has 2 atom stereocenters. The lowest BCUT2D eigenvalue weighted by molar-refractivity contribution is -0.164. The van der Waals surface area contributed by atoms with E-state index in [1.807, 2.05) is 0 Å². The summed E-state index contributed by atoms with van der Waals surface area (Å²) in [5.74, 6) is -3.09. The summed E-state index contributed by atoms with van der Waals surface area (Å²) in [5, 5.41) is 26.3. The topological polar surface area (TPSA) is 117 Å². The van der Waals surface area contributed by atoms with Crippen molar-refractivity contribution in [1.29, 1.82) is 0 Å². The highest BCUT2D eigenvalue weighted by molar-refractivity contribution is 5.85. The number of ether oxygens (including phenoxy) is 1. The van der Waals surface area contributed by atoms with Crippen molar-refractivity contribution < 1.29 is 29.6 Å². The van der Waals surface area contributed by atoms with Crippen LogP contribution in [0.15, 0.2) is 24.4 Å². The Kier molecular flexibility index (Phi) is 3.92. The van der Waals surface area contributed by atoms with Crippen LogP contribution in [0.5, 0.6) is 5.88 Å². The van der Waals surface area contributed by atoms with Crippen LogP contribution < -0.4 is 4.74 Å². The predicted molar refractivity (Wildman–Crippen MR) is 49.5 cm³/mol. The Bertz CT molecular complexity index is 379. The quantitative estimate of drug-likeness (QED) is 0.552. The molecule has 3 N–H and O–H groups in total. The number of hydrogen-bond acceptors (Lipinski definition) is 6. The Balaban J connectivity index is 2.63. The number of rotatable bonds is 4. The molecule has 1 aromatic rings. The van der Waals surface area contributed by atoms with E-state index in [1.54, 1.807) is 6.07 Å². The van der Waals surface area contributed by atoms with E-state index in [4.69, 9.17) is 15.3 Å². The number of carboxylic acid groups (broad SMARTS) is 1. The number of carbonyl (C=O) groups is 2. The molecule has 0 amide bonds. The Hall–Kier alpha value is -1.99. The first-order valence-corrected chi connectivity index (χ1v) is 4.24. The van der Waals surface area contributed by atoms with Gasteiger partial charge < -0.3 is 20.1 Å². The van der Waals surface area contributed by atoms with Gasteiger partial charge in [-0.1, -0.05) is 6.07 Å². The van der Waals surface area contributed by atoms with Crippen molar-refractivity contribution in [2.45, 2.75) is 12.2 Å². The van der Waals surface area contributed by atoms with E-state index in [0.29, 0.717) is 0 Å². The molecule has 1 heterocycles. The number of carboxylic acids is 1. The molecule has 1 rings (SSSR count). The van der Waals surface area contributed by atoms with E-state index >= 15 is 0 Å². The van der Waals surface area contributed by atoms with E-state index in [-0.39, 0.29) is 5.88 Å². The van der Waals surface area contributed by atoms with Crippen molar-refractivity contribution in [2.75, 3.05) is 0 Å². The van der Waals surface area contributed by atoms with Crippen LogP contribution in [0, 0.1) is 0 Å². The van der Waals surface area contributed by atoms with Gasteiger partial charge in [0.05, 0.1) is 0 Å². The summed E-state index contributed by atoms with van der Waals surface area (Å²) in [7, 11) is 0. The highest BCUT2D eigenvalue weighted by atomic mass is 16.6. The number of hydrogen-bond donors (Lipinski definition) is 3. The van der Waals surface area contributed by atoms with Gasteiger partial charge in [-0.3, -0.25) is 0 Å².